The first-order valence-corrected chi connectivity index (χ1v) is 4.63. The molecule has 0 aliphatic heterocycles. The molecular formula is C10H12BNO3. The molecule has 1 amide bonds. The number of carbonyl (C=O) groups excluding carboxylic acids is 1. The number of carboxylic acid groups (broad SMARTS) is 1. The van der Waals surface area contributed by atoms with E-state index in [4.69, 9.17) is 5.11 Å². The Hall–Kier alpha value is -1.78. The standard InChI is InChI=1S/C10H12BNO3/c11-10(15)12-8(6-9(13)14)7-4-2-1-3-5-7/h1-5,8H,6,11H2,(H,12,15)(H,13,14). The van der Waals surface area contributed by atoms with Crippen LogP contribution < -0.4 is 5.32 Å². The third-order valence-corrected chi connectivity index (χ3v) is 1.96. The average molecular weight is 205 g/mol. The van der Waals surface area contributed by atoms with E-state index in [2.05, 4.69) is 5.32 Å². The van der Waals surface area contributed by atoms with E-state index in [0.29, 0.717) is 0 Å². The van der Waals surface area contributed by atoms with E-state index < -0.39 is 12.0 Å². The Balaban J connectivity index is 2.81. The lowest BCUT2D eigenvalue weighted by Crippen LogP contribution is -2.28. The second kappa shape index (κ2) is 5.19. The number of rotatable bonds is 4. The molecule has 0 aliphatic rings. The van der Waals surface area contributed by atoms with E-state index in [9.17, 15) is 9.59 Å². The van der Waals surface area contributed by atoms with Gasteiger partial charge in [0.2, 0.25) is 7.85 Å². The number of hydrogen-bond acceptors (Lipinski definition) is 2. The van der Waals surface area contributed by atoms with E-state index in [1.165, 1.54) is 7.85 Å². The Bertz CT molecular complexity index is 337. The molecule has 5 heteroatoms. The molecule has 0 aromatic heterocycles. The van der Waals surface area contributed by atoms with Crippen molar-refractivity contribution >= 4 is 19.6 Å². The summed E-state index contributed by atoms with van der Waals surface area (Å²) in [7, 11) is 1.37. The normalized spacial score (nSPS) is 11.7. The summed E-state index contributed by atoms with van der Waals surface area (Å²) in [6.45, 7) is 0. The largest absolute Gasteiger partial charge is 0.481 e. The lowest BCUT2D eigenvalue weighted by molar-refractivity contribution is -0.137. The predicted molar refractivity (Wildman–Crippen MR) is 58.5 cm³/mol. The van der Waals surface area contributed by atoms with E-state index in [0.717, 1.165) is 5.56 Å². The number of benzene rings is 1. The van der Waals surface area contributed by atoms with Gasteiger partial charge in [0, 0.05) is 0 Å². The van der Waals surface area contributed by atoms with E-state index in [1.54, 1.807) is 12.1 Å². The summed E-state index contributed by atoms with van der Waals surface area (Å²) in [5, 5.41) is 11.3. The molecule has 1 aromatic carbocycles. The lowest BCUT2D eigenvalue weighted by atomic mass is 10.0. The maximum atomic E-state index is 10.9. The van der Waals surface area contributed by atoms with Crippen LogP contribution in [0.15, 0.2) is 30.3 Å². The van der Waals surface area contributed by atoms with Gasteiger partial charge in [-0.1, -0.05) is 30.3 Å². The third kappa shape index (κ3) is 3.85. The van der Waals surface area contributed by atoms with Crippen LogP contribution in [0, 0.1) is 0 Å². The Kier molecular flexibility index (Phi) is 3.91. The molecule has 1 rings (SSSR count). The van der Waals surface area contributed by atoms with Crippen LogP contribution >= 0.6 is 0 Å². The van der Waals surface area contributed by atoms with Crippen molar-refractivity contribution in [1.29, 1.82) is 0 Å². The summed E-state index contributed by atoms with van der Waals surface area (Å²) < 4.78 is 0. The molecule has 0 saturated carbocycles. The van der Waals surface area contributed by atoms with Gasteiger partial charge in [-0.15, -0.1) is 0 Å². The maximum Gasteiger partial charge on any atom is 0.305 e. The monoisotopic (exact) mass is 205 g/mol. The SMILES string of the molecule is BC(=O)NC(CC(=O)O)c1ccccc1. The number of carbonyl (C=O) groups is 2. The summed E-state index contributed by atoms with van der Waals surface area (Å²) >= 11 is 0. The van der Waals surface area contributed by atoms with Crippen molar-refractivity contribution in [3.05, 3.63) is 35.9 Å². The first kappa shape index (κ1) is 11.3. The molecule has 0 spiro atoms. The molecule has 1 unspecified atom stereocenters. The molecule has 15 heavy (non-hydrogen) atoms. The van der Waals surface area contributed by atoms with E-state index in [1.807, 2.05) is 18.2 Å². The van der Waals surface area contributed by atoms with Crippen LogP contribution in [-0.4, -0.2) is 24.7 Å². The molecule has 0 bridgehead atoms. The molecule has 0 saturated heterocycles. The average Bonchev–Trinajstić information content (AvgIpc) is 2.17. The zero-order chi connectivity index (χ0) is 11.3. The minimum absolute atomic E-state index is 0.108. The second-order valence-electron chi connectivity index (χ2n) is 3.26. The van der Waals surface area contributed by atoms with Crippen molar-refractivity contribution in [2.75, 3.05) is 0 Å². The quantitative estimate of drug-likeness (QED) is 0.705. The summed E-state index contributed by atoms with van der Waals surface area (Å²) in [5.41, 5.74) is 0.801. The van der Waals surface area contributed by atoms with Gasteiger partial charge < -0.3 is 10.4 Å². The van der Waals surface area contributed by atoms with Crippen molar-refractivity contribution < 1.29 is 14.7 Å². The molecular weight excluding hydrogens is 193 g/mol. The van der Waals surface area contributed by atoms with Crippen LogP contribution in [0.1, 0.15) is 18.0 Å². The highest BCUT2D eigenvalue weighted by molar-refractivity contribution is 6.57. The summed E-state index contributed by atoms with van der Waals surface area (Å²) in [6, 6.07) is 8.60. The zero-order valence-corrected chi connectivity index (χ0v) is 8.43. The smallest absolute Gasteiger partial charge is 0.305 e. The van der Waals surface area contributed by atoms with Gasteiger partial charge in [0.1, 0.15) is 0 Å². The minimum atomic E-state index is -0.933. The first-order chi connectivity index (χ1) is 7.09. The van der Waals surface area contributed by atoms with Gasteiger partial charge in [0.15, 0.2) is 5.81 Å². The van der Waals surface area contributed by atoms with Gasteiger partial charge in [0.25, 0.3) is 0 Å². The van der Waals surface area contributed by atoms with Crippen LogP contribution in [0.4, 0.5) is 4.79 Å². The van der Waals surface area contributed by atoms with Crippen LogP contribution in [0.2, 0.25) is 0 Å². The van der Waals surface area contributed by atoms with Gasteiger partial charge in [-0.2, -0.15) is 0 Å². The van der Waals surface area contributed by atoms with E-state index >= 15 is 0 Å². The molecule has 78 valence electrons. The Morgan fingerprint density at radius 2 is 1.93 bits per heavy atom. The molecule has 0 aliphatic carbocycles. The third-order valence-electron chi connectivity index (χ3n) is 1.96. The second-order valence-corrected chi connectivity index (χ2v) is 3.26. The van der Waals surface area contributed by atoms with Gasteiger partial charge in [-0.25, -0.2) is 0 Å². The molecule has 2 N–H and O–H groups in total. The van der Waals surface area contributed by atoms with Gasteiger partial charge in [0.05, 0.1) is 12.5 Å². The summed E-state index contributed by atoms with van der Waals surface area (Å²) in [4.78, 5) is 21.5. The van der Waals surface area contributed by atoms with Crippen LogP contribution in [0.3, 0.4) is 0 Å². The molecule has 1 aromatic rings. The molecule has 0 heterocycles. The minimum Gasteiger partial charge on any atom is -0.481 e. The predicted octanol–water partition coefficient (Wildman–Crippen LogP) is 0.545. The topological polar surface area (TPSA) is 66.4 Å². The van der Waals surface area contributed by atoms with Crippen LogP contribution in [0.5, 0.6) is 0 Å². The number of carboxylic acids is 1. The molecule has 1 atom stereocenters. The Morgan fingerprint density at radius 1 is 1.33 bits per heavy atom. The maximum absolute atomic E-state index is 10.9. The van der Waals surface area contributed by atoms with Crippen LogP contribution in [-0.2, 0) is 4.79 Å². The van der Waals surface area contributed by atoms with Gasteiger partial charge >= 0.3 is 5.97 Å². The highest BCUT2D eigenvalue weighted by atomic mass is 16.4. The highest BCUT2D eigenvalue weighted by Gasteiger charge is 2.15. The first-order valence-electron chi connectivity index (χ1n) is 4.63. The Labute approximate surface area is 88.7 Å². The van der Waals surface area contributed by atoms with Gasteiger partial charge in [-0.05, 0) is 5.56 Å². The van der Waals surface area contributed by atoms with Crippen molar-refractivity contribution in [2.45, 2.75) is 12.5 Å². The summed E-state index contributed by atoms with van der Waals surface area (Å²) in [6.07, 6.45) is -0.108. The molecule has 4 nitrogen and oxygen atoms in total. The molecule has 0 radical (unpaired) electrons. The fraction of sp³-hybridized carbons (Fsp3) is 0.200. The number of nitrogens with one attached hydrogen (secondary N) is 1. The number of aliphatic carboxylic acids is 1. The molecule has 0 fully saturated rings. The van der Waals surface area contributed by atoms with Crippen molar-refractivity contribution in [3.8, 4) is 0 Å². The van der Waals surface area contributed by atoms with Crippen molar-refractivity contribution in [2.24, 2.45) is 0 Å². The lowest BCUT2D eigenvalue weighted by Gasteiger charge is -2.16. The zero-order valence-electron chi connectivity index (χ0n) is 8.43. The number of hydrogen-bond donors (Lipinski definition) is 2. The van der Waals surface area contributed by atoms with E-state index in [-0.39, 0.29) is 12.2 Å². The highest BCUT2D eigenvalue weighted by Crippen LogP contribution is 2.15. The number of amides is 1. The Morgan fingerprint density at radius 3 is 2.40 bits per heavy atom. The fourth-order valence-electron chi connectivity index (χ4n) is 1.36. The fourth-order valence-corrected chi connectivity index (χ4v) is 1.36. The van der Waals surface area contributed by atoms with Gasteiger partial charge in [-0.3, -0.25) is 9.59 Å². The van der Waals surface area contributed by atoms with Crippen molar-refractivity contribution in [1.82, 2.24) is 5.32 Å². The van der Waals surface area contributed by atoms with Crippen LogP contribution in [0.25, 0.3) is 0 Å². The van der Waals surface area contributed by atoms with Crippen molar-refractivity contribution in [3.63, 3.8) is 0 Å². The summed E-state index contributed by atoms with van der Waals surface area (Å²) in [5.74, 6) is -1.16.